The molecular weight excluding hydrogens is 252 g/mol. The largest absolute Gasteiger partial charge is 0.359 e. The average Bonchev–Trinajstić information content (AvgIpc) is 2.81. The number of hydrogen-bond acceptors (Lipinski definition) is 5. The molecule has 2 heterocycles. The third-order valence-corrected chi connectivity index (χ3v) is 3.58. The molecule has 6 nitrogen and oxygen atoms in total. The molecule has 0 aliphatic carbocycles. The Kier molecular flexibility index (Phi) is 3.33. The van der Waals surface area contributed by atoms with Gasteiger partial charge in [0.15, 0.2) is 9.84 Å². The minimum Gasteiger partial charge on any atom is -0.359 e. The van der Waals surface area contributed by atoms with Crippen LogP contribution in [-0.2, 0) is 9.84 Å². The number of H-pyrrole nitrogens is 1. The fraction of sp³-hybridized carbons (Fsp3) is 0.273. The second-order valence-corrected chi connectivity index (χ2v) is 5.95. The van der Waals surface area contributed by atoms with E-state index < -0.39 is 9.84 Å². The lowest BCUT2D eigenvalue weighted by Crippen LogP contribution is -2.12. The smallest absolute Gasteiger partial charge is 0.179 e. The van der Waals surface area contributed by atoms with E-state index in [9.17, 15) is 8.42 Å². The quantitative estimate of drug-likeness (QED) is 0.873. The van der Waals surface area contributed by atoms with Gasteiger partial charge in [0.25, 0.3) is 0 Å². The Morgan fingerprint density at radius 2 is 2.11 bits per heavy atom. The van der Waals surface area contributed by atoms with Crippen molar-refractivity contribution < 1.29 is 8.42 Å². The van der Waals surface area contributed by atoms with Crippen LogP contribution in [0.2, 0.25) is 0 Å². The summed E-state index contributed by atoms with van der Waals surface area (Å²) in [6.07, 6.45) is 6.06. The highest BCUT2D eigenvalue weighted by molar-refractivity contribution is 7.90. The summed E-state index contributed by atoms with van der Waals surface area (Å²) in [5.74, 6) is 1.06. The fourth-order valence-electron chi connectivity index (χ4n) is 1.59. The lowest BCUT2D eigenvalue weighted by molar-refractivity contribution is 0.601. The van der Waals surface area contributed by atoms with Crippen LogP contribution in [0.3, 0.4) is 0 Å². The number of anilines is 1. The van der Waals surface area contributed by atoms with Gasteiger partial charge < -0.3 is 10.3 Å². The van der Waals surface area contributed by atoms with Crippen molar-refractivity contribution in [3.8, 4) is 0 Å². The van der Waals surface area contributed by atoms with Crippen molar-refractivity contribution in [2.24, 2.45) is 0 Å². The van der Waals surface area contributed by atoms with E-state index in [4.69, 9.17) is 0 Å². The number of sulfone groups is 1. The van der Waals surface area contributed by atoms with Crippen molar-refractivity contribution in [3.63, 3.8) is 0 Å². The molecule has 0 spiro atoms. The van der Waals surface area contributed by atoms with E-state index >= 15 is 0 Å². The Morgan fingerprint density at radius 3 is 2.72 bits per heavy atom. The van der Waals surface area contributed by atoms with Gasteiger partial charge in [-0.25, -0.2) is 18.4 Å². The molecule has 0 radical (unpaired) electrons. The van der Waals surface area contributed by atoms with Gasteiger partial charge in [-0.1, -0.05) is 0 Å². The maximum Gasteiger partial charge on any atom is 0.179 e. The molecule has 0 aliphatic rings. The molecule has 18 heavy (non-hydrogen) atoms. The van der Waals surface area contributed by atoms with Crippen molar-refractivity contribution in [1.29, 1.82) is 0 Å². The van der Waals surface area contributed by atoms with Crippen LogP contribution >= 0.6 is 0 Å². The highest BCUT2D eigenvalue weighted by Gasteiger charge is 2.16. The van der Waals surface area contributed by atoms with E-state index in [1.54, 1.807) is 24.7 Å². The van der Waals surface area contributed by atoms with Crippen LogP contribution in [-0.4, -0.2) is 29.6 Å². The predicted molar refractivity (Wildman–Crippen MR) is 68.0 cm³/mol. The van der Waals surface area contributed by atoms with E-state index in [-0.39, 0.29) is 10.9 Å². The molecule has 0 aromatic carbocycles. The van der Waals surface area contributed by atoms with Crippen molar-refractivity contribution in [2.45, 2.75) is 17.9 Å². The minimum absolute atomic E-state index is 0.157. The molecule has 0 saturated heterocycles. The second kappa shape index (κ2) is 4.77. The second-order valence-electron chi connectivity index (χ2n) is 3.96. The molecule has 7 heteroatoms. The van der Waals surface area contributed by atoms with Crippen LogP contribution in [0, 0.1) is 0 Å². The van der Waals surface area contributed by atoms with Gasteiger partial charge in [0.1, 0.15) is 16.5 Å². The van der Waals surface area contributed by atoms with Crippen LogP contribution in [0.25, 0.3) is 0 Å². The zero-order chi connectivity index (χ0) is 13.2. The minimum atomic E-state index is -3.30. The van der Waals surface area contributed by atoms with E-state index in [0.717, 1.165) is 12.1 Å². The first kappa shape index (κ1) is 12.6. The Labute approximate surface area is 105 Å². The molecule has 0 fully saturated rings. The summed E-state index contributed by atoms with van der Waals surface area (Å²) in [6, 6.07) is 2.97. The molecular formula is C11H14N4O2S. The average molecular weight is 266 g/mol. The molecule has 2 aromatic heterocycles. The third kappa shape index (κ3) is 2.67. The lowest BCUT2D eigenvalue weighted by Gasteiger charge is -2.14. The summed E-state index contributed by atoms with van der Waals surface area (Å²) in [5, 5.41) is 3.04. The van der Waals surface area contributed by atoms with Gasteiger partial charge in [-0.3, -0.25) is 0 Å². The molecule has 1 unspecified atom stereocenters. The number of hydrogen-bond donors (Lipinski definition) is 2. The molecule has 1 atom stereocenters. The van der Waals surface area contributed by atoms with Gasteiger partial charge in [-0.15, -0.1) is 0 Å². The molecule has 2 rings (SSSR count). The van der Waals surface area contributed by atoms with E-state index in [1.807, 2.05) is 6.92 Å². The first-order valence-corrected chi connectivity index (χ1v) is 7.28. The maximum absolute atomic E-state index is 11.6. The number of pyridine rings is 1. The van der Waals surface area contributed by atoms with Crippen LogP contribution in [0.15, 0.2) is 35.6 Å². The highest BCUT2D eigenvalue weighted by Crippen LogP contribution is 2.21. The summed E-state index contributed by atoms with van der Waals surface area (Å²) in [6.45, 7) is 1.87. The summed E-state index contributed by atoms with van der Waals surface area (Å²) >= 11 is 0. The van der Waals surface area contributed by atoms with Crippen molar-refractivity contribution in [2.75, 3.05) is 11.6 Å². The lowest BCUT2D eigenvalue weighted by atomic mass is 10.3. The van der Waals surface area contributed by atoms with Crippen molar-refractivity contribution in [1.82, 2.24) is 15.0 Å². The third-order valence-electron chi connectivity index (χ3n) is 2.45. The van der Waals surface area contributed by atoms with Crippen LogP contribution in [0.1, 0.15) is 18.8 Å². The van der Waals surface area contributed by atoms with Crippen LogP contribution < -0.4 is 5.32 Å². The molecule has 0 saturated carbocycles. The molecule has 0 amide bonds. The number of nitrogens with one attached hydrogen (secondary N) is 2. The Balaban J connectivity index is 2.30. The highest BCUT2D eigenvalue weighted by atomic mass is 32.2. The van der Waals surface area contributed by atoms with E-state index in [0.29, 0.717) is 5.82 Å². The summed E-state index contributed by atoms with van der Waals surface area (Å²) in [4.78, 5) is 11.3. The predicted octanol–water partition coefficient (Wildman–Crippen LogP) is 1.38. The van der Waals surface area contributed by atoms with Gasteiger partial charge in [-0.05, 0) is 19.1 Å². The maximum atomic E-state index is 11.6. The molecule has 96 valence electrons. The first-order chi connectivity index (χ1) is 8.48. The number of nitrogens with zero attached hydrogens (tertiary/aromatic N) is 2. The summed E-state index contributed by atoms with van der Waals surface area (Å²) < 4.78 is 23.2. The molecule has 2 aromatic rings. The Bertz CT molecular complexity index is 622. The normalized spacial score (nSPS) is 13.2. The number of aromatic nitrogens is 3. The first-order valence-electron chi connectivity index (χ1n) is 5.39. The van der Waals surface area contributed by atoms with Gasteiger partial charge in [0, 0.05) is 24.8 Å². The van der Waals surface area contributed by atoms with Crippen LogP contribution in [0.4, 0.5) is 5.82 Å². The fourth-order valence-corrected chi connectivity index (χ4v) is 2.37. The van der Waals surface area contributed by atoms with Gasteiger partial charge >= 0.3 is 0 Å². The number of rotatable bonds is 4. The zero-order valence-corrected chi connectivity index (χ0v) is 10.9. The Morgan fingerprint density at radius 1 is 1.33 bits per heavy atom. The SMILES string of the molecule is CC(Nc1ncccc1S(C)(=O)=O)c1ncc[nH]1. The standard InChI is InChI=1S/C11H14N4O2S/c1-8(10-13-6-7-14-10)15-11-9(18(2,16)17)4-3-5-12-11/h3-8H,1-2H3,(H,12,15)(H,13,14). The number of imidazole rings is 1. The van der Waals surface area contributed by atoms with Crippen LogP contribution in [0.5, 0.6) is 0 Å². The monoisotopic (exact) mass is 266 g/mol. The Hall–Kier alpha value is -1.89. The summed E-state index contributed by atoms with van der Waals surface area (Å²) in [5.41, 5.74) is 0. The van der Waals surface area contributed by atoms with Crippen molar-refractivity contribution in [3.05, 3.63) is 36.5 Å². The van der Waals surface area contributed by atoms with E-state index in [2.05, 4.69) is 20.3 Å². The topological polar surface area (TPSA) is 87.7 Å². The van der Waals surface area contributed by atoms with Gasteiger partial charge in [0.05, 0.1) is 6.04 Å². The molecule has 2 N–H and O–H groups in total. The molecule has 0 bridgehead atoms. The van der Waals surface area contributed by atoms with Crippen molar-refractivity contribution >= 4 is 15.7 Å². The zero-order valence-electron chi connectivity index (χ0n) is 10.1. The summed E-state index contributed by atoms with van der Waals surface area (Å²) in [7, 11) is -3.30. The molecule has 0 aliphatic heterocycles. The van der Waals surface area contributed by atoms with Gasteiger partial charge in [-0.2, -0.15) is 0 Å². The number of aromatic amines is 1. The van der Waals surface area contributed by atoms with Gasteiger partial charge in [0.2, 0.25) is 0 Å². The van der Waals surface area contributed by atoms with E-state index in [1.165, 1.54) is 6.07 Å².